The number of benzene rings is 1. The first-order valence-electron chi connectivity index (χ1n) is 5.51. The molecule has 1 unspecified atom stereocenters. The van der Waals surface area contributed by atoms with Crippen LogP contribution < -0.4 is 5.32 Å². The van der Waals surface area contributed by atoms with Gasteiger partial charge in [-0.1, -0.05) is 29.3 Å². The van der Waals surface area contributed by atoms with E-state index < -0.39 is 12.1 Å². The third-order valence-electron chi connectivity index (χ3n) is 2.39. The van der Waals surface area contributed by atoms with Gasteiger partial charge in [-0.25, -0.2) is 4.79 Å². The number of carboxylic acids is 1. The van der Waals surface area contributed by atoms with Crippen LogP contribution >= 0.6 is 23.2 Å². The van der Waals surface area contributed by atoms with E-state index in [2.05, 4.69) is 5.32 Å². The first-order valence-corrected chi connectivity index (χ1v) is 6.27. The third-order valence-corrected chi connectivity index (χ3v) is 2.98. The topological polar surface area (TPSA) is 86.6 Å². The van der Waals surface area contributed by atoms with Crippen molar-refractivity contribution in [3.05, 3.63) is 33.8 Å². The molecule has 19 heavy (non-hydrogen) atoms. The molecule has 0 fully saturated rings. The third kappa shape index (κ3) is 5.46. The Morgan fingerprint density at radius 2 is 2.00 bits per heavy atom. The van der Waals surface area contributed by atoms with Gasteiger partial charge >= 0.3 is 5.97 Å². The molecule has 1 atom stereocenters. The molecular formula is C12H13Cl2NO4. The minimum atomic E-state index is -1.47. The second kappa shape index (κ2) is 7.33. The molecule has 0 saturated carbocycles. The Kier molecular flexibility index (Phi) is 6.08. The Morgan fingerprint density at radius 3 is 2.58 bits per heavy atom. The Balaban J connectivity index is 2.41. The van der Waals surface area contributed by atoms with Crippen molar-refractivity contribution < 1.29 is 19.8 Å². The second-order valence-corrected chi connectivity index (χ2v) is 4.75. The van der Waals surface area contributed by atoms with Crippen LogP contribution in [0.2, 0.25) is 10.0 Å². The first-order chi connectivity index (χ1) is 8.90. The number of amides is 1. The molecule has 7 heteroatoms. The van der Waals surface area contributed by atoms with Gasteiger partial charge in [-0.05, 0) is 17.7 Å². The van der Waals surface area contributed by atoms with Crippen LogP contribution in [0.3, 0.4) is 0 Å². The van der Waals surface area contributed by atoms with Crippen LogP contribution in [0, 0.1) is 0 Å². The highest BCUT2D eigenvalue weighted by Gasteiger charge is 2.13. The predicted molar refractivity (Wildman–Crippen MR) is 71.4 cm³/mol. The number of aliphatic hydroxyl groups is 1. The second-order valence-electron chi connectivity index (χ2n) is 3.91. The summed E-state index contributed by atoms with van der Waals surface area (Å²) < 4.78 is 0. The quantitative estimate of drug-likeness (QED) is 0.743. The molecule has 1 aromatic carbocycles. The number of carbonyl (C=O) groups excluding carboxylic acids is 1. The summed E-state index contributed by atoms with van der Waals surface area (Å²) in [4.78, 5) is 21.9. The van der Waals surface area contributed by atoms with Crippen LogP contribution in [-0.4, -0.2) is 34.7 Å². The molecule has 0 aromatic heterocycles. The number of nitrogens with one attached hydrogen (secondary N) is 1. The van der Waals surface area contributed by atoms with Gasteiger partial charge in [-0.3, -0.25) is 4.79 Å². The van der Waals surface area contributed by atoms with Crippen LogP contribution in [-0.2, 0) is 16.0 Å². The molecule has 0 bridgehead atoms. The highest BCUT2D eigenvalue weighted by Crippen LogP contribution is 2.21. The molecule has 0 radical (unpaired) electrons. The Labute approximate surface area is 120 Å². The Hall–Kier alpha value is -1.30. The number of halogens is 2. The Morgan fingerprint density at radius 1 is 1.32 bits per heavy atom. The SMILES string of the molecule is O=C(Cc1ccc(Cl)cc1Cl)NCCC(O)C(=O)O. The molecule has 1 aromatic rings. The van der Waals surface area contributed by atoms with Gasteiger partial charge in [0, 0.05) is 23.0 Å². The molecule has 0 aliphatic heterocycles. The van der Waals surface area contributed by atoms with Crippen molar-refractivity contribution in [3.8, 4) is 0 Å². The summed E-state index contributed by atoms with van der Waals surface area (Å²) in [6.45, 7) is 0.0809. The van der Waals surface area contributed by atoms with Gasteiger partial charge in [0.15, 0.2) is 6.10 Å². The van der Waals surface area contributed by atoms with E-state index in [1.54, 1.807) is 18.2 Å². The van der Waals surface area contributed by atoms with Crippen LogP contribution in [0.4, 0.5) is 0 Å². The smallest absolute Gasteiger partial charge is 0.332 e. The lowest BCUT2D eigenvalue weighted by Crippen LogP contribution is -2.31. The molecule has 0 spiro atoms. The fraction of sp³-hybridized carbons (Fsp3) is 0.333. The van der Waals surface area contributed by atoms with Gasteiger partial charge in [-0.2, -0.15) is 0 Å². The van der Waals surface area contributed by atoms with Crippen molar-refractivity contribution in [1.82, 2.24) is 5.32 Å². The monoisotopic (exact) mass is 305 g/mol. The molecule has 0 saturated heterocycles. The van der Waals surface area contributed by atoms with Gasteiger partial charge in [-0.15, -0.1) is 0 Å². The summed E-state index contributed by atoms with van der Waals surface area (Å²) in [5.41, 5.74) is 0.627. The summed E-state index contributed by atoms with van der Waals surface area (Å²) in [6.07, 6.45) is -1.45. The zero-order valence-electron chi connectivity index (χ0n) is 9.90. The van der Waals surface area contributed by atoms with Gasteiger partial charge in [0.25, 0.3) is 0 Å². The zero-order valence-corrected chi connectivity index (χ0v) is 11.4. The van der Waals surface area contributed by atoms with E-state index in [9.17, 15) is 9.59 Å². The van der Waals surface area contributed by atoms with Gasteiger partial charge in [0.1, 0.15) is 0 Å². The molecule has 5 nitrogen and oxygen atoms in total. The number of aliphatic carboxylic acids is 1. The molecule has 0 aliphatic rings. The minimum Gasteiger partial charge on any atom is -0.479 e. The number of carbonyl (C=O) groups is 2. The lowest BCUT2D eigenvalue weighted by Gasteiger charge is -2.08. The number of hydrogen-bond acceptors (Lipinski definition) is 3. The van der Waals surface area contributed by atoms with Crippen molar-refractivity contribution in [2.75, 3.05) is 6.54 Å². The summed E-state index contributed by atoms with van der Waals surface area (Å²) in [6, 6.07) is 4.82. The maximum atomic E-state index is 11.6. The fourth-order valence-corrected chi connectivity index (χ4v) is 1.85. The summed E-state index contributed by atoms with van der Waals surface area (Å²) in [5.74, 6) is -1.61. The zero-order chi connectivity index (χ0) is 14.4. The van der Waals surface area contributed by atoms with Crippen LogP contribution in [0.15, 0.2) is 18.2 Å². The van der Waals surface area contributed by atoms with E-state index in [0.717, 1.165) is 0 Å². The highest BCUT2D eigenvalue weighted by molar-refractivity contribution is 6.35. The van der Waals surface area contributed by atoms with Crippen LogP contribution in [0.1, 0.15) is 12.0 Å². The molecular weight excluding hydrogens is 293 g/mol. The van der Waals surface area contributed by atoms with Crippen molar-refractivity contribution in [2.45, 2.75) is 18.9 Å². The molecule has 104 valence electrons. The van der Waals surface area contributed by atoms with Crippen LogP contribution in [0.5, 0.6) is 0 Å². The lowest BCUT2D eigenvalue weighted by molar-refractivity contribution is -0.147. The van der Waals surface area contributed by atoms with E-state index in [4.69, 9.17) is 33.4 Å². The maximum Gasteiger partial charge on any atom is 0.332 e. The van der Waals surface area contributed by atoms with E-state index in [1.807, 2.05) is 0 Å². The van der Waals surface area contributed by atoms with E-state index in [1.165, 1.54) is 0 Å². The molecule has 1 amide bonds. The lowest BCUT2D eigenvalue weighted by atomic mass is 10.1. The number of aliphatic hydroxyl groups excluding tert-OH is 1. The van der Waals surface area contributed by atoms with Gasteiger partial charge in [0.05, 0.1) is 6.42 Å². The van der Waals surface area contributed by atoms with E-state index in [-0.39, 0.29) is 25.3 Å². The average molecular weight is 306 g/mol. The highest BCUT2D eigenvalue weighted by atomic mass is 35.5. The largest absolute Gasteiger partial charge is 0.479 e. The van der Waals surface area contributed by atoms with Crippen LogP contribution in [0.25, 0.3) is 0 Å². The molecule has 0 aliphatic carbocycles. The minimum absolute atomic E-state index is 0.0462. The number of rotatable bonds is 6. The van der Waals surface area contributed by atoms with Crippen molar-refractivity contribution in [3.63, 3.8) is 0 Å². The predicted octanol–water partition coefficient (Wildman–Crippen LogP) is 1.49. The molecule has 3 N–H and O–H groups in total. The van der Waals surface area contributed by atoms with E-state index in [0.29, 0.717) is 15.6 Å². The van der Waals surface area contributed by atoms with Gasteiger partial charge in [0.2, 0.25) is 5.91 Å². The molecule has 1 rings (SSSR count). The molecule has 0 heterocycles. The number of hydrogen-bond donors (Lipinski definition) is 3. The van der Waals surface area contributed by atoms with Crippen molar-refractivity contribution >= 4 is 35.1 Å². The maximum absolute atomic E-state index is 11.6. The summed E-state index contributed by atoms with van der Waals surface area (Å²) in [5, 5.41) is 20.9. The number of carboxylic acid groups (broad SMARTS) is 1. The first kappa shape index (κ1) is 15.8. The van der Waals surface area contributed by atoms with E-state index >= 15 is 0 Å². The standard InChI is InChI=1S/C12H13Cl2NO4/c13-8-2-1-7(9(14)6-8)5-11(17)15-4-3-10(16)12(18)19/h1-2,6,10,16H,3-5H2,(H,15,17)(H,18,19). The average Bonchev–Trinajstić information content (AvgIpc) is 2.32. The normalized spacial score (nSPS) is 11.9. The van der Waals surface area contributed by atoms with Crippen molar-refractivity contribution in [2.24, 2.45) is 0 Å². The Bertz CT molecular complexity index is 479. The summed E-state index contributed by atoms with van der Waals surface area (Å²) >= 11 is 11.7. The summed E-state index contributed by atoms with van der Waals surface area (Å²) in [7, 11) is 0. The fourth-order valence-electron chi connectivity index (χ4n) is 1.37. The van der Waals surface area contributed by atoms with Crippen molar-refractivity contribution in [1.29, 1.82) is 0 Å². The van der Waals surface area contributed by atoms with Gasteiger partial charge < -0.3 is 15.5 Å².